The fourth-order valence-corrected chi connectivity index (χ4v) is 5.55. The molecule has 5 aromatic rings. The molecule has 14 nitrogen and oxygen atoms in total. The normalized spacial score (nSPS) is 11.3. The summed E-state index contributed by atoms with van der Waals surface area (Å²) in [4.78, 5) is 95.7. The van der Waals surface area contributed by atoms with E-state index in [1.54, 1.807) is 113 Å². The van der Waals surface area contributed by atoms with Crippen LogP contribution in [0.4, 0.5) is 0 Å². The Kier molecular flexibility index (Phi) is 14.3. The topological polar surface area (TPSA) is 198 Å². The van der Waals surface area contributed by atoms with Crippen molar-refractivity contribution in [3.8, 4) is 23.0 Å². The minimum absolute atomic E-state index is 0.0113. The molecule has 0 heterocycles. The number of phenolic OH excluding ortho intramolecular Hbond substituents is 2. The van der Waals surface area contributed by atoms with Gasteiger partial charge in [-0.3, -0.25) is 29.0 Å². The predicted molar refractivity (Wildman–Crippen MR) is 213 cm³/mol. The zero-order valence-electron chi connectivity index (χ0n) is 33.2. The van der Waals surface area contributed by atoms with Crippen LogP contribution >= 0.6 is 0 Å². The zero-order valence-corrected chi connectivity index (χ0v) is 33.2. The van der Waals surface area contributed by atoms with Crippen LogP contribution in [0.2, 0.25) is 0 Å². The van der Waals surface area contributed by atoms with E-state index in [0.717, 1.165) is 12.1 Å². The van der Waals surface area contributed by atoms with Gasteiger partial charge in [-0.05, 0) is 63.1 Å². The van der Waals surface area contributed by atoms with Crippen molar-refractivity contribution in [2.45, 2.75) is 64.6 Å². The first kappa shape index (κ1) is 44.0. The average Bonchev–Trinajstić information content (AvgIpc) is 3.24. The van der Waals surface area contributed by atoms with Crippen LogP contribution < -0.4 is 9.47 Å². The van der Waals surface area contributed by atoms with Gasteiger partial charge in [0.15, 0.2) is 11.6 Å². The van der Waals surface area contributed by atoms with Crippen molar-refractivity contribution < 1.29 is 68.0 Å². The third kappa shape index (κ3) is 11.9. The Morgan fingerprint density at radius 1 is 0.450 bits per heavy atom. The number of benzene rings is 5. The third-order valence-electron chi connectivity index (χ3n) is 8.99. The Hall–Kier alpha value is -7.16. The van der Waals surface area contributed by atoms with E-state index in [1.165, 1.54) is 24.3 Å². The summed E-state index contributed by atoms with van der Waals surface area (Å²) in [6.07, 6.45) is -1.45. The van der Waals surface area contributed by atoms with Gasteiger partial charge >= 0.3 is 23.9 Å². The molecule has 5 rings (SSSR count). The summed E-state index contributed by atoms with van der Waals surface area (Å²) in [7, 11) is 0. The van der Waals surface area contributed by atoms with E-state index in [9.17, 15) is 39.0 Å². The lowest BCUT2D eigenvalue weighted by molar-refractivity contribution is -0.330. The van der Waals surface area contributed by atoms with Gasteiger partial charge in [0.25, 0.3) is 0 Å². The standard InChI is InChI=1S/C46H42O14/c1-45(2,59-57-41(51)25-23-39(49)55-33-19-21-35(37(47)27-33)43(53)29-11-7-5-8-12-29)31-15-17-32(18-16-31)46(3,4)60-58-42(52)26-24-40(50)56-34-20-22-36(38(48)28-34)44(54)30-13-9-6-10-14-30/h5-22,27-28,47-48H,23-26H2,1-4H3. The smallest absolute Gasteiger partial charge is 0.342 e. The van der Waals surface area contributed by atoms with Crippen LogP contribution in [-0.4, -0.2) is 45.7 Å². The van der Waals surface area contributed by atoms with Crippen molar-refractivity contribution in [2.75, 3.05) is 0 Å². The molecule has 14 heteroatoms. The van der Waals surface area contributed by atoms with Gasteiger partial charge in [-0.2, -0.15) is 9.78 Å². The highest BCUT2D eigenvalue weighted by molar-refractivity contribution is 6.11. The van der Waals surface area contributed by atoms with Crippen molar-refractivity contribution in [3.05, 3.63) is 155 Å². The molecule has 0 amide bonds. The molecule has 0 bridgehead atoms. The first-order valence-electron chi connectivity index (χ1n) is 18.7. The van der Waals surface area contributed by atoms with Gasteiger partial charge in [0, 0.05) is 23.3 Å². The quantitative estimate of drug-likeness (QED) is 0.0286. The van der Waals surface area contributed by atoms with Crippen LogP contribution in [0.25, 0.3) is 0 Å². The Bertz CT molecular complexity index is 2180. The maximum Gasteiger partial charge on any atom is 0.342 e. The molecule has 2 N–H and O–H groups in total. The van der Waals surface area contributed by atoms with Crippen molar-refractivity contribution >= 4 is 35.4 Å². The summed E-state index contributed by atoms with van der Waals surface area (Å²) >= 11 is 0. The molecule has 0 spiro atoms. The molecule has 0 aliphatic carbocycles. The van der Waals surface area contributed by atoms with Crippen molar-refractivity contribution in [2.24, 2.45) is 0 Å². The number of aromatic hydroxyl groups is 2. The molecule has 0 radical (unpaired) electrons. The van der Waals surface area contributed by atoms with E-state index in [1.807, 2.05) is 0 Å². The van der Waals surface area contributed by atoms with Crippen LogP contribution in [0, 0.1) is 0 Å². The zero-order chi connectivity index (χ0) is 43.5. The number of rotatable bonds is 18. The molecule has 0 aromatic heterocycles. The van der Waals surface area contributed by atoms with Crippen LogP contribution in [0.15, 0.2) is 121 Å². The fraction of sp³-hybridized carbons (Fsp3) is 0.217. The highest BCUT2D eigenvalue weighted by Gasteiger charge is 2.29. The molecule has 0 fully saturated rings. The summed E-state index contributed by atoms with van der Waals surface area (Å²) in [6, 6.07) is 31.2. The lowest BCUT2D eigenvalue weighted by Gasteiger charge is -2.26. The maximum atomic E-state index is 12.6. The molecular weight excluding hydrogens is 776 g/mol. The molecule has 5 aromatic carbocycles. The summed E-state index contributed by atoms with van der Waals surface area (Å²) in [6.45, 7) is 6.62. The number of phenols is 2. The molecule has 0 unspecified atom stereocenters. The summed E-state index contributed by atoms with van der Waals surface area (Å²) in [5, 5.41) is 20.7. The third-order valence-corrected chi connectivity index (χ3v) is 8.99. The van der Waals surface area contributed by atoms with Gasteiger partial charge in [0.05, 0.1) is 36.8 Å². The van der Waals surface area contributed by atoms with Crippen LogP contribution in [0.1, 0.15) is 96.3 Å². The number of hydrogen-bond acceptors (Lipinski definition) is 14. The van der Waals surface area contributed by atoms with E-state index >= 15 is 0 Å². The molecule has 0 saturated heterocycles. The summed E-state index contributed by atoms with van der Waals surface area (Å²) in [5.41, 5.74) is -0.210. The lowest BCUT2D eigenvalue weighted by atomic mass is 9.92. The second kappa shape index (κ2) is 19.5. The number of hydrogen-bond donors (Lipinski definition) is 2. The van der Waals surface area contributed by atoms with E-state index in [4.69, 9.17) is 29.0 Å². The first-order valence-corrected chi connectivity index (χ1v) is 18.7. The van der Waals surface area contributed by atoms with Gasteiger partial charge < -0.3 is 19.7 Å². The summed E-state index contributed by atoms with van der Waals surface area (Å²) < 4.78 is 10.4. The van der Waals surface area contributed by atoms with Crippen molar-refractivity contribution in [1.29, 1.82) is 0 Å². The second-order valence-electron chi connectivity index (χ2n) is 14.4. The molecule has 60 heavy (non-hydrogen) atoms. The first-order chi connectivity index (χ1) is 28.5. The van der Waals surface area contributed by atoms with E-state index < -0.39 is 46.6 Å². The minimum atomic E-state index is -1.13. The van der Waals surface area contributed by atoms with E-state index in [2.05, 4.69) is 0 Å². The van der Waals surface area contributed by atoms with Crippen LogP contribution in [-0.2, 0) is 49.9 Å². The van der Waals surface area contributed by atoms with Gasteiger partial charge in [-0.25, -0.2) is 9.59 Å². The molecule has 0 atom stereocenters. The number of carbonyl (C=O) groups is 6. The molecule has 0 aliphatic rings. The minimum Gasteiger partial charge on any atom is -0.507 e. The molecular formula is C46H42O14. The van der Waals surface area contributed by atoms with Crippen molar-refractivity contribution in [1.82, 2.24) is 0 Å². The van der Waals surface area contributed by atoms with E-state index in [0.29, 0.717) is 22.3 Å². The largest absolute Gasteiger partial charge is 0.507 e. The monoisotopic (exact) mass is 818 g/mol. The van der Waals surface area contributed by atoms with Gasteiger partial charge in [-0.1, -0.05) is 84.9 Å². The van der Waals surface area contributed by atoms with E-state index in [-0.39, 0.29) is 59.8 Å². The Labute approximate surface area is 345 Å². The second-order valence-corrected chi connectivity index (χ2v) is 14.4. The molecule has 310 valence electrons. The average molecular weight is 819 g/mol. The summed E-state index contributed by atoms with van der Waals surface area (Å²) in [5.74, 6) is -4.78. The molecule has 0 saturated carbocycles. The maximum absolute atomic E-state index is 12.6. The Morgan fingerprint density at radius 3 is 1.12 bits per heavy atom. The predicted octanol–water partition coefficient (Wildman–Crippen LogP) is 7.75. The Balaban J connectivity index is 1.02. The van der Waals surface area contributed by atoms with Crippen molar-refractivity contribution in [3.63, 3.8) is 0 Å². The van der Waals surface area contributed by atoms with Gasteiger partial charge in [-0.15, -0.1) is 0 Å². The Morgan fingerprint density at radius 2 is 0.783 bits per heavy atom. The van der Waals surface area contributed by atoms with Gasteiger partial charge in [0.2, 0.25) is 0 Å². The number of carbonyl (C=O) groups excluding carboxylic acids is 6. The number of ketones is 2. The molecule has 0 aliphatic heterocycles. The number of ether oxygens (including phenoxy) is 2. The highest BCUT2D eigenvalue weighted by atomic mass is 17.2. The van der Waals surface area contributed by atoms with Gasteiger partial charge in [0.1, 0.15) is 34.2 Å². The fourth-order valence-electron chi connectivity index (χ4n) is 5.55. The van der Waals surface area contributed by atoms with Crippen LogP contribution in [0.3, 0.4) is 0 Å². The van der Waals surface area contributed by atoms with Crippen LogP contribution in [0.5, 0.6) is 23.0 Å². The highest BCUT2D eigenvalue weighted by Crippen LogP contribution is 2.31. The number of esters is 2. The SMILES string of the molecule is CC(C)(OOC(=O)CCC(=O)Oc1ccc(C(=O)c2ccccc2)c(O)c1)c1ccc(C(C)(C)OOC(=O)CCC(=O)Oc2ccc(C(=O)c3ccccc3)c(O)c2)cc1. The lowest BCUT2D eigenvalue weighted by Crippen LogP contribution is -2.26.